The van der Waals surface area contributed by atoms with E-state index < -0.39 is 0 Å². The quantitative estimate of drug-likeness (QED) is 0.757. The topological polar surface area (TPSA) is 51.5 Å². The fraction of sp³-hybridized carbons (Fsp3) is 0.923. The van der Waals surface area contributed by atoms with Crippen LogP contribution in [0.25, 0.3) is 0 Å². The first-order valence-corrected chi connectivity index (χ1v) is 6.89. The molecule has 0 saturated carbocycles. The summed E-state index contributed by atoms with van der Waals surface area (Å²) in [6, 6.07) is 2.49. The SMILES string of the molecule is CN1CCC(C#N)(NCCN2CCOCC2)CC1. The molecule has 0 bridgehead atoms. The summed E-state index contributed by atoms with van der Waals surface area (Å²) in [5.74, 6) is 0. The molecule has 0 aromatic rings. The molecule has 0 atom stereocenters. The van der Waals surface area contributed by atoms with Crippen molar-refractivity contribution < 1.29 is 4.74 Å². The number of nitrogens with one attached hydrogen (secondary N) is 1. The summed E-state index contributed by atoms with van der Waals surface area (Å²) in [5, 5.41) is 12.9. The first-order chi connectivity index (χ1) is 8.74. The second kappa shape index (κ2) is 6.48. The predicted octanol–water partition coefficient (Wildman–Crippen LogP) is -0.104. The molecule has 0 amide bonds. The highest BCUT2D eigenvalue weighted by atomic mass is 16.5. The number of ether oxygens (including phenoxy) is 1. The number of morpholine rings is 1. The smallest absolute Gasteiger partial charge is 0.109 e. The lowest BCUT2D eigenvalue weighted by atomic mass is 9.89. The summed E-state index contributed by atoms with van der Waals surface area (Å²) in [6.45, 7) is 7.66. The molecule has 0 aromatic carbocycles. The third kappa shape index (κ3) is 3.66. The van der Waals surface area contributed by atoms with Gasteiger partial charge >= 0.3 is 0 Å². The van der Waals surface area contributed by atoms with Crippen LogP contribution < -0.4 is 5.32 Å². The van der Waals surface area contributed by atoms with Gasteiger partial charge in [0.05, 0.1) is 19.3 Å². The van der Waals surface area contributed by atoms with Crippen LogP contribution in [0, 0.1) is 11.3 Å². The van der Waals surface area contributed by atoms with E-state index >= 15 is 0 Å². The molecule has 2 rings (SSSR count). The second-order valence-electron chi connectivity index (χ2n) is 5.38. The molecule has 0 spiro atoms. The van der Waals surface area contributed by atoms with Gasteiger partial charge in [-0.3, -0.25) is 10.2 Å². The lowest BCUT2D eigenvalue weighted by molar-refractivity contribution is 0.0372. The zero-order chi connectivity index (χ0) is 12.8. The first-order valence-electron chi connectivity index (χ1n) is 6.89. The van der Waals surface area contributed by atoms with Gasteiger partial charge in [0.1, 0.15) is 5.54 Å². The van der Waals surface area contributed by atoms with Gasteiger partial charge in [0.15, 0.2) is 0 Å². The Hall–Kier alpha value is -0.670. The standard InChI is InChI=1S/C13H24N4O/c1-16-5-2-13(12-14,3-6-16)15-4-7-17-8-10-18-11-9-17/h15H,2-11H2,1H3. The van der Waals surface area contributed by atoms with Crippen molar-refractivity contribution in [2.45, 2.75) is 18.4 Å². The molecule has 0 aromatic heterocycles. The van der Waals surface area contributed by atoms with Crippen LogP contribution in [-0.4, -0.2) is 74.9 Å². The summed E-state index contributed by atoms with van der Waals surface area (Å²) in [6.07, 6.45) is 1.87. The summed E-state index contributed by atoms with van der Waals surface area (Å²) in [7, 11) is 2.12. The van der Waals surface area contributed by atoms with Crippen LogP contribution in [0.1, 0.15) is 12.8 Å². The van der Waals surface area contributed by atoms with Crippen molar-refractivity contribution in [2.75, 3.05) is 59.5 Å². The Morgan fingerprint density at radius 1 is 1.22 bits per heavy atom. The van der Waals surface area contributed by atoms with Crippen LogP contribution in [0.5, 0.6) is 0 Å². The number of hydrogen-bond acceptors (Lipinski definition) is 5. The van der Waals surface area contributed by atoms with Gasteiger partial charge in [0.25, 0.3) is 0 Å². The van der Waals surface area contributed by atoms with Gasteiger partial charge in [0.2, 0.25) is 0 Å². The summed E-state index contributed by atoms with van der Waals surface area (Å²) >= 11 is 0. The molecule has 5 nitrogen and oxygen atoms in total. The monoisotopic (exact) mass is 252 g/mol. The van der Waals surface area contributed by atoms with E-state index in [9.17, 15) is 5.26 Å². The van der Waals surface area contributed by atoms with Crippen LogP contribution in [-0.2, 0) is 4.74 Å². The van der Waals surface area contributed by atoms with Crippen LogP contribution in [0.3, 0.4) is 0 Å². The Kier molecular flexibility index (Phi) is 4.95. The van der Waals surface area contributed by atoms with Gasteiger partial charge < -0.3 is 9.64 Å². The molecule has 2 aliphatic heterocycles. The minimum atomic E-state index is -0.293. The lowest BCUT2D eigenvalue weighted by Crippen LogP contribution is -2.53. The minimum Gasteiger partial charge on any atom is -0.379 e. The van der Waals surface area contributed by atoms with Gasteiger partial charge in [0, 0.05) is 39.3 Å². The van der Waals surface area contributed by atoms with E-state index in [0.29, 0.717) is 0 Å². The highest BCUT2D eigenvalue weighted by Gasteiger charge is 2.33. The molecule has 0 radical (unpaired) electrons. The average Bonchev–Trinajstić information content (AvgIpc) is 2.43. The summed E-state index contributed by atoms with van der Waals surface area (Å²) in [5.41, 5.74) is -0.293. The van der Waals surface area contributed by atoms with Crippen molar-refractivity contribution in [2.24, 2.45) is 0 Å². The highest BCUT2D eigenvalue weighted by Crippen LogP contribution is 2.20. The Balaban J connectivity index is 1.72. The van der Waals surface area contributed by atoms with Crippen LogP contribution in [0.2, 0.25) is 0 Å². The predicted molar refractivity (Wildman–Crippen MR) is 70.3 cm³/mol. The van der Waals surface area contributed by atoms with Gasteiger partial charge in [-0.1, -0.05) is 0 Å². The highest BCUT2D eigenvalue weighted by molar-refractivity contribution is 5.09. The third-order valence-corrected chi connectivity index (χ3v) is 4.05. The maximum atomic E-state index is 9.40. The molecular weight excluding hydrogens is 228 g/mol. The number of piperidine rings is 1. The normalized spacial score (nSPS) is 25.8. The first kappa shape index (κ1) is 13.8. The van der Waals surface area contributed by atoms with Crippen molar-refractivity contribution in [3.05, 3.63) is 0 Å². The molecule has 2 aliphatic rings. The molecule has 102 valence electrons. The largest absolute Gasteiger partial charge is 0.379 e. The molecular formula is C13H24N4O. The van der Waals surface area contributed by atoms with Crippen LogP contribution in [0.4, 0.5) is 0 Å². The third-order valence-electron chi connectivity index (χ3n) is 4.05. The zero-order valence-electron chi connectivity index (χ0n) is 11.3. The fourth-order valence-corrected chi connectivity index (χ4v) is 2.61. The van der Waals surface area contributed by atoms with Crippen LogP contribution >= 0.6 is 0 Å². The fourth-order valence-electron chi connectivity index (χ4n) is 2.61. The van der Waals surface area contributed by atoms with E-state index in [0.717, 1.165) is 65.3 Å². The molecule has 2 fully saturated rings. The summed E-state index contributed by atoms with van der Waals surface area (Å²) < 4.78 is 5.33. The molecule has 0 unspecified atom stereocenters. The second-order valence-corrected chi connectivity index (χ2v) is 5.38. The maximum Gasteiger partial charge on any atom is 0.109 e. The number of nitrogens with zero attached hydrogens (tertiary/aromatic N) is 3. The number of hydrogen-bond donors (Lipinski definition) is 1. The number of rotatable bonds is 4. The van der Waals surface area contributed by atoms with E-state index in [-0.39, 0.29) is 5.54 Å². The van der Waals surface area contributed by atoms with E-state index in [4.69, 9.17) is 4.74 Å². The molecule has 2 saturated heterocycles. The van der Waals surface area contributed by atoms with Crippen molar-refractivity contribution in [1.29, 1.82) is 5.26 Å². The Morgan fingerprint density at radius 3 is 2.50 bits per heavy atom. The van der Waals surface area contributed by atoms with Crippen molar-refractivity contribution in [3.8, 4) is 6.07 Å². The van der Waals surface area contributed by atoms with Gasteiger partial charge in [-0.25, -0.2) is 0 Å². The molecule has 1 N–H and O–H groups in total. The van der Waals surface area contributed by atoms with Crippen molar-refractivity contribution in [1.82, 2.24) is 15.1 Å². The molecule has 18 heavy (non-hydrogen) atoms. The number of likely N-dealkylation sites (tertiary alicyclic amines) is 1. The van der Waals surface area contributed by atoms with Crippen molar-refractivity contribution in [3.63, 3.8) is 0 Å². The van der Waals surface area contributed by atoms with Crippen LogP contribution in [0.15, 0.2) is 0 Å². The van der Waals surface area contributed by atoms with Crippen molar-refractivity contribution >= 4 is 0 Å². The van der Waals surface area contributed by atoms with E-state index in [1.54, 1.807) is 0 Å². The van der Waals surface area contributed by atoms with E-state index in [1.165, 1.54) is 0 Å². The van der Waals surface area contributed by atoms with Gasteiger partial charge in [-0.2, -0.15) is 5.26 Å². The Labute approximate surface area is 110 Å². The molecule has 2 heterocycles. The van der Waals surface area contributed by atoms with Gasteiger partial charge in [-0.15, -0.1) is 0 Å². The van der Waals surface area contributed by atoms with E-state index in [2.05, 4.69) is 28.2 Å². The average molecular weight is 252 g/mol. The lowest BCUT2D eigenvalue weighted by Gasteiger charge is -2.37. The minimum absolute atomic E-state index is 0.293. The Bertz CT molecular complexity index is 288. The zero-order valence-corrected chi connectivity index (χ0v) is 11.3. The maximum absolute atomic E-state index is 9.40. The molecule has 0 aliphatic carbocycles. The number of nitriles is 1. The van der Waals surface area contributed by atoms with E-state index in [1.807, 2.05) is 0 Å². The molecule has 5 heteroatoms. The van der Waals surface area contributed by atoms with Gasteiger partial charge in [-0.05, 0) is 19.9 Å². The summed E-state index contributed by atoms with van der Waals surface area (Å²) in [4.78, 5) is 4.69. The Morgan fingerprint density at radius 2 is 1.89 bits per heavy atom.